The van der Waals surface area contributed by atoms with E-state index >= 15 is 0 Å². The molecule has 0 aliphatic heterocycles. The third-order valence-corrected chi connectivity index (χ3v) is 4.01. The lowest BCUT2D eigenvalue weighted by molar-refractivity contribution is 0.397. The van der Waals surface area contributed by atoms with E-state index in [1.165, 1.54) is 25.4 Å². The van der Waals surface area contributed by atoms with Crippen LogP contribution in [0.25, 0.3) is 0 Å². The van der Waals surface area contributed by atoms with Gasteiger partial charge in [-0.15, -0.1) is 0 Å². The minimum atomic E-state index is -3.71. The average molecular weight is 294 g/mol. The van der Waals surface area contributed by atoms with Gasteiger partial charge in [0.2, 0.25) is 15.9 Å². The molecule has 3 N–H and O–H groups in total. The summed E-state index contributed by atoms with van der Waals surface area (Å²) >= 11 is 0. The summed E-state index contributed by atoms with van der Waals surface area (Å²) in [6.07, 6.45) is 2.98. The largest absolute Gasteiger partial charge is 0.481 e. The molecule has 0 amide bonds. The van der Waals surface area contributed by atoms with Gasteiger partial charge in [0.05, 0.1) is 7.11 Å². The minimum Gasteiger partial charge on any atom is -0.481 e. The highest BCUT2D eigenvalue weighted by molar-refractivity contribution is 7.89. The number of pyridine rings is 2. The van der Waals surface area contributed by atoms with E-state index in [-0.39, 0.29) is 17.3 Å². The summed E-state index contributed by atoms with van der Waals surface area (Å²) in [4.78, 5) is 7.66. The first-order valence-electron chi connectivity index (χ1n) is 5.72. The minimum absolute atomic E-state index is 0.0349. The molecule has 8 heteroatoms. The third kappa shape index (κ3) is 3.22. The second kappa shape index (κ2) is 5.85. The summed E-state index contributed by atoms with van der Waals surface area (Å²) in [5, 5.41) is 0. The number of hydrogen-bond acceptors (Lipinski definition) is 6. The number of nitrogens with zero attached hydrogens (tertiary/aromatic N) is 2. The van der Waals surface area contributed by atoms with E-state index in [1.807, 2.05) is 0 Å². The normalized spacial score (nSPS) is 11.2. The van der Waals surface area contributed by atoms with Crippen LogP contribution in [-0.2, 0) is 16.6 Å². The molecule has 0 aliphatic rings. The predicted octanol–water partition coefficient (Wildman–Crippen LogP) is 0.546. The van der Waals surface area contributed by atoms with Crippen molar-refractivity contribution in [3.63, 3.8) is 0 Å². The van der Waals surface area contributed by atoms with Crippen molar-refractivity contribution >= 4 is 15.8 Å². The molecule has 7 nitrogen and oxygen atoms in total. The van der Waals surface area contributed by atoms with Crippen molar-refractivity contribution in [1.82, 2.24) is 14.7 Å². The third-order valence-electron chi connectivity index (χ3n) is 2.56. The molecule has 20 heavy (non-hydrogen) atoms. The van der Waals surface area contributed by atoms with Gasteiger partial charge in [0.25, 0.3) is 0 Å². The van der Waals surface area contributed by atoms with E-state index in [4.69, 9.17) is 10.5 Å². The van der Waals surface area contributed by atoms with Crippen LogP contribution in [0, 0.1) is 0 Å². The van der Waals surface area contributed by atoms with Crippen molar-refractivity contribution in [2.24, 2.45) is 0 Å². The number of nitrogens with two attached hydrogens (primary N) is 1. The van der Waals surface area contributed by atoms with E-state index < -0.39 is 10.0 Å². The lowest BCUT2D eigenvalue weighted by atomic mass is 10.3. The molecule has 106 valence electrons. The lowest BCUT2D eigenvalue weighted by Gasteiger charge is -2.08. The van der Waals surface area contributed by atoms with Gasteiger partial charge in [0.1, 0.15) is 10.7 Å². The first kappa shape index (κ1) is 14.2. The Balaban J connectivity index is 2.15. The molecule has 2 aromatic heterocycles. The monoisotopic (exact) mass is 294 g/mol. The zero-order valence-corrected chi connectivity index (χ0v) is 11.6. The Kier molecular flexibility index (Phi) is 4.16. The van der Waals surface area contributed by atoms with E-state index in [1.54, 1.807) is 18.3 Å². The smallest absolute Gasteiger partial charge is 0.244 e. The van der Waals surface area contributed by atoms with Crippen LogP contribution < -0.4 is 15.2 Å². The molecule has 0 bridgehead atoms. The molecule has 0 atom stereocenters. The maximum absolute atomic E-state index is 12.1. The molecule has 0 saturated carbocycles. The topological polar surface area (TPSA) is 107 Å². The Bertz CT molecular complexity index is 703. The second-order valence-electron chi connectivity index (χ2n) is 3.92. The number of rotatable bonds is 5. The highest BCUT2D eigenvalue weighted by atomic mass is 32.2. The number of nitrogen functional groups attached to an aromatic ring is 1. The van der Waals surface area contributed by atoms with E-state index in [0.29, 0.717) is 5.88 Å². The van der Waals surface area contributed by atoms with Crippen LogP contribution in [0.4, 0.5) is 5.82 Å². The van der Waals surface area contributed by atoms with Crippen LogP contribution in [0.1, 0.15) is 5.56 Å². The molecule has 0 aromatic carbocycles. The van der Waals surface area contributed by atoms with Crippen LogP contribution in [0.3, 0.4) is 0 Å². The summed E-state index contributed by atoms with van der Waals surface area (Å²) in [6.45, 7) is 0.107. The molecule has 0 unspecified atom stereocenters. The van der Waals surface area contributed by atoms with E-state index in [9.17, 15) is 8.42 Å². The number of anilines is 1. The molecule has 2 rings (SSSR count). The van der Waals surface area contributed by atoms with Crippen molar-refractivity contribution in [1.29, 1.82) is 0 Å². The predicted molar refractivity (Wildman–Crippen MR) is 73.5 cm³/mol. The van der Waals surface area contributed by atoms with Gasteiger partial charge in [-0.25, -0.2) is 23.1 Å². The number of aromatic nitrogens is 2. The van der Waals surface area contributed by atoms with Crippen LogP contribution >= 0.6 is 0 Å². The van der Waals surface area contributed by atoms with Gasteiger partial charge in [-0.05, 0) is 23.8 Å². The van der Waals surface area contributed by atoms with Gasteiger partial charge in [-0.3, -0.25) is 0 Å². The van der Waals surface area contributed by atoms with Crippen molar-refractivity contribution in [3.8, 4) is 5.88 Å². The lowest BCUT2D eigenvalue weighted by Crippen LogP contribution is -2.24. The molecule has 2 aromatic rings. The van der Waals surface area contributed by atoms with Crippen molar-refractivity contribution in [2.45, 2.75) is 11.4 Å². The number of methoxy groups -OCH3 is 1. The van der Waals surface area contributed by atoms with Crippen LogP contribution in [0.15, 0.2) is 41.6 Å². The Morgan fingerprint density at radius 3 is 2.80 bits per heavy atom. The van der Waals surface area contributed by atoms with Crippen LogP contribution in [-0.4, -0.2) is 25.5 Å². The van der Waals surface area contributed by atoms with Gasteiger partial charge in [0.15, 0.2) is 0 Å². The fourth-order valence-corrected chi connectivity index (χ4v) is 2.66. The SMILES string of the molecule is COc1cc(CNS(=O)(=O)c2cccnc2N)ccn1. The highest BCUT2D eigenvalue weighted by Gasteiger charge is 2.17. The number of hydrogen-bond donors (Lipinski definition) is 2. The first-order chi connectivity index (χ1) is 9.53. The Hall–Kier alpha value is -2.19. The second-order valence-corrected chi connectivity index (χ2v) is 5.65. The van der Waals surface area contributed by atoms with Crippen LogP contribution in [0.5, 0.6) is 5.88 Å². The molecule has 0 saturated heterocycles. The van der Waals surface area contributed by atoms with Crippen molar-refractivity contribution in [3.05, 3.63) is 42.2 Å². The Labute approximate surface area is 116 Å². The molecule has 0 spiro atoms. The van der Waals surface area contributed by atoms with Gasteiger partial charge in [-0.1, -0.05) is 0 Å². The summed E-state index contributed by atoms with van der Waals surface area (Å²) < 4.78 is 31.6. The number of sulfonamides is 1. The van der Waals surface area contributed by atoms with Crippen molar-refractivity contribution < 1.29 is 13.2 Å². The first-order valence-corrected chi connectivity index (χ1v) is 7.20. The van der Waals surface area contributed by atoms with Gasteiger partial charge in [-0.2, -0.15) is 0 Å². The number of ether oxygens (including phenoxy) is 1. The summed E-state index contributed by atoms with van der Waals surface area (Å²) in [6, 6.07) is 6.25. The van der Waals surface area contributed by atoms with E-state index in [2.05, 4.69) is 14.7 Å². The van der Waals surface area contributed by atoms with Gasteiger partial charge in [0, 0.05) is 25.0 Å². The quantitative estimate of drug-likeness (QED) is 0.833. The van der Waals surface area contributed by atoms with Gasteiger partial charge >= 0.3 is 0 Å². The average Bonchev–Trinajstić information content (AvgIpc) is 2.46. The number of nitrogens with one attached hydrogen (secondary N) is 1. The van der Waals surface area contributed by atoms with Crippen LogP contribution in [0.2, 0.25) is 0 Å². The van der Waals surface area contributed by atoms with E-state index in [0.717, 1.165) is 5.56 Å². The maximum Gasteiger partial charge on any atom is 0.244 e. The molecule has 0 fully saturated rings. The molecule has 0 aliphatic carbocycles. The Morgan fingerprint density at radius 2 is 2.10 bits per heavy atom. The summed E-state index contributed by atoms with van der Waals surface area (Å²) in [5.74, 6) is 0.384. The molecular formula is C12H14N4O3S. The molecule has 2 heterocycles. The highest BCUT2D eigenvalue weighted by Crippen LogP contribution is 2.15. The van der Waals surface area contributed by atoms with Gasteiger partial charge < -0.3 is 10.5 Å². The van der Waals surface area contributed by atoms with Crippen molar-refractivity contribution in [2.75, 3.05) is 12.8 Å². The summed E-state index contributed by atoms with van der Waals surface area (Å²) in [7, 11) is -2.21. The zero-order chi connectivity index (χ0) is 14.6. The fourth-order valence-electron chi connectivity index (χ4n) is 1.56. The molecular weight excluding hydrogens is 280 g/mol. The maximum atomic E-state index is 12.1. The molecule has 0 radical (unpaired) electrons. The summed E-state index contributed by atoms with van der Waals surface area (Å²) in [5.41, 5.74) is 6.29. The standard InChI is InChI=1S/C12H14N4O3S/c1-19-11-7-9(4-6-14-11)8-16-20(17,18)10-3-2-5-15-12(10)13/h2-7,16H,8H2,1H3,(H2,13,15). The fraction of sp³-hybridized carbons (Fsp3) is 0.167. The zero-order valence-electron chi connectivity index (χ0n) is 10.8. The Morgan fingerprint density at radius 1 is 1.30 bits per heavy atom.